The van der Waals surface area contributed by atoms with Crippen molar-refractivity contribution in [3.05, 3.63) is 11.5 Å². The highest BCUT2D eigenvalue weighted by Gasteiger charge is 2.29. The largest absolute Gasteiger partial charge is 0.384 e. The first-order chi connectivity index (χ1) is 9.81. The predicted molar refractivity (Wildman–Crippen MR) is 87.4 cm³/mol. The monoisotopic (exact) mass is 293 g/mol. The normalized spacial score (nSPS) is 23.8. The zero-order valence-electron chi connectivity index (χ0n) is 12.6. The van der Waals surface area contributed by atoms with Crippen LogP contribution in [0.5, 0.6) is 0 Å². The summed E-state index contributed by atoms with van der Waals surface area (Å²) in [6.45, 7) is 3.30. The highest BCUT2D eigenvalue weighted by Crippen LogP contribution is 2.39. The molecular weight excluding hydrogens is 266 g/mol. The number of thioether (sulfide) groups is 1. The minimum absolute atomic E-state index is 0.600. The molecule has 2 heterocycles. The highest BCUT2D eigenvalue weighted by molar-refractivity contribution is 7.99. The molecule has 0 aromatic carbocycles. The van der Waals surface area contributed by atoms with Crippen LogP contribution in [0.1, 0.15) is 75.2 Å². The van der Waals surface area contributed by atoms with Gasteiger partial charge in [0.15, 0.2) is 0 Å². The van der Waals surface area contributed by atoms with Crippen LogP contribution in [0.2, 0.25) is 0 Å². The zero-order chi connectivity index (χ0) is 13.9. The van der Waals surface area contributed by atoms with Crippen LogP contribution < -0.4 is 5.73 Å². The minimum Gasteiger partial charge on any atom is -0.384 e. The molecule has 3 rings (SSSR count). The first kappa shape index (κ1) is 14.3. The molecule has 0 bridgehead atoms. The van der Waals surface area contributed by atoms with E-state index in [9.17, 15) is 0 Å². The molecule has 4 heteroatoms. The summed E-state index contributed by atoms with van der Waals surface area (Å²) < 4.78 is 2.36. The Balaban J connectivity index is 1.90. The van der Waals surface area contributed by atoms with Crippen LogP contribution in [-0.2, 0) is 6.54 Å². The lowest BCUT2D eigenvalue weighted by atomic mass is 10.1. The van der Waals surface area contributed by atoms with Gasteiger partial charge in [0.25, 0.3) is 0 Å². The average Bonchev–Trinajstić information content (AvgIpc) is 3.17. The highest BCUT2D eigenvalue weighted by atomic mass is 32.2. The van der Waals surface area contributed by atoms with E-state index in [1.807, 2.05) is 11.8 Å². The number of nitrogens with zero attached hydrogens (tertiary/aromatic N) is 2. The second kappa shape index (κ2) is 6.42. The summed E-state index contributed by atoms with van der Waals surface area (Å²) in [4.78, 5) is 5.05. The standard InChI is InChI=1S/C16H27N3S/c1-2-3-9-19-15(17)14(13-8-10-20-11-13)18-16(19)12-6-4-5-7-12/h12-13H,2-11,17H2,1H3. The van der Waals surface area contributed by atoms with E-state index in [2.05, 4.69) is 11.5 Å². The Morgan fingerprint density at radius 1 is 1.25 bits per heavy atom. The van der Waals surface area contributed by atoms with Gasteiger partial charge in [0.2, 0.25) is 0 Å². The maximum absolute atomic E-state index is 6.48. The zero-order valence-corrected chi connectivity index (χ0v) is 13.4. The number of nitrogens with two attached hydrogens (primary N) is 1. The molecule has 1 atom stereocenters. The van der Waals surface area contributed by atoms with Gasteiger partial charge in [-0.1, -0.05) is 26.2 Å². The molecule has 1 saturated carbocycles. The summed E-state index contributed by atoms with van der Waals surface area (Å²) >= 11 is 2.05. The van der Waals surface area contributed by atoms with E-state index in [0.29, 0.717) is 11.8 Å². The molecule has 3 nitrogen and oxygen atoms in total. The number of imidazole rings is 1. The molecule has 1 aliphatic carbocycles. The third-order valence-corrected chi connectivity index (χ3v) is 6.00. The van der Waals surface area contributed by atoms with Gasteiger partial charge in [-0.3, -0.25) is 0 Å². The van der Waals surface area contributed by atoms with Crippen LogP contribution in [0, 0.1) is 0 Å². The molecule has 0 radical (unpaired) electrons. The number of aromatic nitrogens is 2. The number of anilines is 1. The van der Waals surface area contributed by atoms with E-state index in [4.69, 9.17) is 10.7 Å². The molecule has 20 heavy (non-hydrogen) atoms. The van der Waals surface area contributed by atoms with Crippen molar-refractivity contribution in [2.75, 3.05) is 17.2 Å². The number of rotatable bonds is 5. The van der Waals surface area contributed by atoms with Gasteiger partial charge in [-0.25, -0.2) is 4.98 Å². The fourth-order valence-electron chi connectivity index (χ4n) is 3.60. The topological polar surface area (TPSA) is 43.8 Å². The number of nitrogen functional groups attached to an aromatic ring is 1. The molecule has 112 valence electrons. The van der Waals surface area contributed by atoms with Crippen LogP contribution in [0.3, 0.4) is 0 Å². The Morgan fingerprint density at radius 2 is 2.05 bits per heavy atom. The van der Waals surface area contributed by atoms with Crippen molar-refractivity contribution in [3.63, 3.8) is 0 Å². The SMILES string of the molecule is CCCCn1c(C2CCCC2)nc(C2CCSC2)c1N. The Labute approximate surface area is 126 Å². The van der Waals surface area contributed by atoms with Crippen LogP contribution in [0.15, 0.2) is 0 Å². The van der Waals surface area contributed by atoms with E-state index in [0.717, 1.165) is 12.4 Å². The molecule has 0 amide bonds. The second-order valence-corrected chi connectivity index (χ2v) is 7.44. The molecule has 1 unspecified atom stereocenters. The maximum Gasteiger partial charge on any atom is 0.127 e. The molecule has 0 spiro atoms. The van der Waals surface area contributed by atoms with Gasteiger partial charge in [0, 0.05) is 24.1 Å². The minimum atomic E-state index is 0.600. The fraction of sp³-hybridized carbons (Fsp3) is 0.812. The number of hydrogen-bond donors (Lipinski definition) is 1. The molecule has 1 saturated heterocycles. The van der Waals surface area contributed by atoms with Crippen LogP contribution in [0.25, 0.3) is 0 Å². The van der Waals surface area contributed by atoms with E-state index < -0.39 is 0 Å². The Hall–Kier alpha value is -0.640. The summed E-state index contributed by atoms with van der Waals surface area (Å²) in [5.41, 5.74) is 7.70. The average molecular weight is 293 g/mol. The molecule has 1 aromatic rings. The van der Waals surface area contributed by atoms with Gasteiger partial charge in [-0.2, -0.15) is 11.8 Å². The van der Waals surface area contributed by atoms with Crippen molar-refractivity contribution in [1.82, 2.24) is 9.55 Å². The molecule has 2 aliphatic rings. The van der Waals surface area contributed by atoms with Crippen molar-refractivity contribution in [1.29, 1.82) is 0 Å². The number of hydrogen-bond acceptors (Lipinski definition) is 3. The number of unbranched alkanes of at least 4 members (excludes halogenated alkanes) is 1. The summed E-state index contributed by atoms with van der Waals surface area (Å²) in [6.07, 6.45) is 9.02. The smallest absolute Gasteiger partial charge is 0.127 e. The Bertz CT molecular complexity index is 443. The van der Waals surface area contributed by atoms with Crippen LogP contribution in [0.4, 0.5) is 5.82 Å². The first-order valence-electron chi connectivity index (χ1n) is 8.24. The second-order valence-electron chi connectivity index (χ2n) is 6.29. The van der Waals surface area contributed by atoms with Gasteiger partial charge in [-0.15, -0.1) is 0 Å². The quantitative estimate of drug-likeness (QED) is 0.887. The summed E-state index contributed by atoms with van der Waals surface area (Å²) in [7, 11) is 0. The molecule has 2 N–H and O–H groups in total. The lowest BCUT2D eigenvalue weighted by Gasteiger charge is -2.13. The van der Waals surface area contributed by atoms with Crippen LogP contribution >= 0.6 is 11.8 Å². The third kappa shape index (κ3) is 2.72. The lowest BCUT2D eigenvalue weighted by Crippen LogP contribution is -2.10. The van der Waals surface area contributed by atoms with Gasteiger partial charge in [0.1, 0.15) is 11.6 Å². The van der Waals surface area contributed by atoms with Crippen molar-refractivity contribution in [2.24, 2.45) is 0 Å². The molecular formula is C16H27N3S. The summed E-state index contributed by atoms with van der Waals surface area (Å²) in [5, 5.41) is 0. The van der Waals surface area contributed by atoms with E-state index >= 15 is 0 Å². The van der Waals surface area contributed by atoms with E-state index in [-0.39, 0.29) is 0 Å². The van der Waals surface area contributed by atoms with Crippen LogP contribution in [-0.4, -0.2) is 21.1 Å². The predicted octanol–water partition coefficient (Wildman–Crippen LogP) is 4.14. The van der Waals surface area contributed by atoms with Crippen molar-refractivity contribution in [2.45, 2.75) is 70.3 Å². The third-order valence-electron chi connectivity index (χ3n) is 4.84. The van der Waals surface area contributed by atoms with Gasteiger partial charge in [0.05, 0.1) is 5.69 Å². The first-order valence-corrected chi connectivity index (χ1v) is 9.40. The lowest BCUT2D eigenvalue weighted by molar-refractivity contribution is 0.561. The van der Waals surface area contributed by atoms with E-state index in [1.54, 1.807) is 0 Å². The molecule has 2 fully saturated rings. The summed E-state index contributed by atoms with van der Waals surface area (Å²) in [6, 6.07) is 0. The Morgan fingerprint density at radius 3 is 2.70 bits per heavy atom. The van der Waals surface area contributed by atoms with E-state index in [1.165, 1.54) is 68.0 Å². The fourth-order valence-corrected chi connectivity index (χ4v) is 4.83. The van der Waals surface area contributed by atoms with Crippen molar-refractivity contribution >= 4 is 17.6 Å². The Kier molecular flexibility index (Phi) is 4.59. The maximum atomic E-state index is 6.48. The molecule has 1 aromatic heterocycles. The van der Waals surface area contributed by atoms with Gasteiger partial charge < -0.3 is 10.3 Å². The van der Waals surface area contributed by atoms with Gasteiger partial charge in [-0.05, 0) is 31.4 Å². The summed E-state index contributed by atoms with van der Waals surface area (Å²) in [5.74, 6) is 6.03. The molecule has 1 aliphatic heterocycles. The van der Waals surface area contributed by atoms with Crippen molar-refractivity contribution in [3.8, 4) is 0 Å². The van der Waals surface area contributed by atoms with Crippen molar-refractivity contribution < 1.29 is 0 Å². The van der Waals surface area contributed by atoms with Gasteiger partial charge >= 0.3 is 0 Å².